The Morgan fingerprint density at radius 1 is 1.26 bits per heavy atom. The van der Waals surface area contributed by atoms with E-state index < -0.39 is 0 Å². The van der Waals surface area contributed by atoms with Crippen molar-refractivity contribution in [1.29, 1.82) is 0 Å². The molecule has 1 aliphatic rings. The summed E-state index contributed by atoms with van der Waals surface area (Å²) < 4.78 is 5.20. The molecule has 0 bridgehead atoms. The van der Waals surface area contributed by atoms with Gasteiger partial charge >= 0.3 is 0 Å². The molecular weight excluding hydrogens is 364 g/mol. The number of hydrogen-bond donors (Lipinski definition) is 1. The van der Waals surface area contributed by atoms with Gasteiger partial charge in [-0.2, -0.15) is 0 Å². The molecule has 1 N–H and O–H groups in total. The molecule has 0 saturated heterocycles. The van der Waals surface area contributed by atoms with Gasteiger partial charge < -0.3 is 9.72 Å². The molecule has 0 unspecified atom stereocenters. The minimum Gasteiger partial charge on any atom is -0.495 e. The van der Waals surface area contributed by atoms with E-state index in [2.05, 4.69) is 19.9 Å². The second-order valence-electron chi connectivity index (χ2n) is 6.51. The summed E-state index contributed by atoms with van der Waals surface area (Å²) in [7, 11) is 1.60. The lowest BCUT2D eigenvalue weighted by molar-refractivity contribution is 0.242. The van der Waals surface area contributed by atoms with Crippen molar-refractivity contribution in [2.24, 2.45) is 0 Å². The topological polar surface area (TPSA) is 71.1 Å². The summed E-state index contributed by atoms with van der Waals surface area (Å²) in [6.07, 6.45) is 4.12. The van der Waals surface area contributed by atoms with Gasteiger partial charge in [0, 0.05) is 44.0 Å². The molecule has 0 saturated carbocycles. The molecule has 1 aromatic carbocycles. The van der Waals surface area contributed by atoms with Gasteiger partial charge in [-0.25, -0.2) is 4.98 Å². The summed E-state index contributed by atoms with van der Waals surface area (Å²) in [6, 6.07) is 9.45. The molecule has 0 aliphatic carbocycles. The van der Waals surface area contributed by atoms with Crippen LogP contribution in [0.15, 0.2) is 47.5 Å². The van der Waals surface area contributed by atoms with Crippen molar-refractivity contribution in [3.05, 3.63) is 74.9 Å². The minimum absolute atomic E-state index is 0.0794. The van der Waals surface area contributed by atoms with Gasteiger partial charge in [0.05, 0.1) is 23.4 Å². The van der Waals surface area contributed by atoms with E-state index in [1.54, 1.807) is 19.5 Å². The van der Waals surface area contributed by atoms with Gasteiger partial charge in [0.25, 0.3) is 5.56 Å². The molecule has 2 aromatic heterocycles. The number of halogens is 1. The van der Waals surface area contributed by atoms with E-state index in [4.69, 9.17) is 16.3 Å². The van der Waals surface area contributed by atoms with E-state index >= 15 is 0 Å². The van der Waals surface area contributed by atoms with Crippen LogP contribution in [-0.4, -0.2) is 33.5 Å². The third kappa shape index (κ3) is 3.72. The summed E-state index contributed by atoms with van der Waals surface area (Å²) >= 11 is 6.22. The highest BCUT2D eigenvalue weighted by molar-refractivity contribution is 6.32. The van der Waals surface area contributed by atoms with Gasteiger partial charge in [0.2, 0.25) is 0 Å². The zero-order chi connectivity index (χ0) is 18.8. The summed E-state index contributed by atoms with van der Waals surface area (Å²) in [5.74, 6) is 1.25. The van der Waals surface area contributed by atoms with E-state index in [1.165, 1.54) is 0 Å². The first kappa shape index (κ1) is 17.7. The molecule has 27 heavy (non-hydrogen) atoms. The number of rotatable bonds is 4. The summed E-state index contributed by atoms with van der Waals surface area (Å²) in [6.45, 7) is 2.12. The maximum absolute atomic E-state index is 12.6. The minimum atomic E-state index is -0.0794. The number of methoxy groups -OCH3 is 1. The number of fused-ring (bicyclic) bond motifs is 1. The van der Waals surface area contributed by atoms with Crippen LogP contribution >= 0.6 is 11.6 Å². The van der Waals surface area contributed by atoms with Gasteiger partial charge in [-0.05, 0) is 29.8 Å². The van der Waals surface area contributed by atoms with E-state index in [9.17, 15) is 4.79 Å². The van der Waals surface area contributed by atoms with Gasteiger partial charge in [-0.1, -0.05) is 17.7 Å². The standard InChI is InChI=1S/C20H19ClN4O2/c1-27-18-3-2-13(10-16(18)21)11-25-9-6-17-15(12-25)20(26)24-19(23-17)14-4-7-22-8-5-14/h2-5,7-8,10H,6,9,11-12H2,1H3,(H,23,24,26). The van der Waals surface area contributed by atoms with Gasteiger partial charge in [-0.3, -0.25) is 14.7 Å². The fourth-order valence-corrected chi connectivity index (χ4v) is 3.61. The fourth-order valence-electron chi connectivity index (χ4n) is 3.33. The van der Waals surface area contributed by atoms with Crippen LogP contribution in [-0.2, 0) is 19.5 Å². The van der Waals surface area contributed by atoms with Crippen molar-refractivity contribution in [1.82, 2.24) is 19.9 Å². The fraction of sp³-hybridized carbons (Fsp3) is 0.250. The summed E-state index contributed by atoms with van der Waals surface area (Å²) in [4.78, 5) is 26.4. The number of nitrogens with zero attached hydrogens (tertiary/aromatic N) is 3. The van der Waals surface area contributed by atoms with E-state index in [0.29, 0.717) is 29.7 Å². The molecule has 6 nitrogen and oxygen atoms in total. The lowest BCUT2D eigenvalue weighted by Gasteiger charge is -2.27. The Kier molecular flexibility index (Phi) is 4.92. The number of aromatic nitrogens is 3. The highest BCUT2D eigenvalue weighted by Crippen LogP contribution is 2.26. The molecule has 3 heterocycles. The van der Waals surface area contributed by atoms with Crippen LogP contribution < -0.4 is 10.3 Å². The van der Waals surface area contributed by atoms with Crippen molar-refractivity contribution in [3.63, 3.8) is 0 Å². The van der Waals surface area contributed by atoms with Crippen LogP contribution in [0.5, 0.6) is 5.75 Å². The van der Waals surface area contributed by atoms with Crippen molar-refractivity contribution in [2.75, 3.05) is 13.7 Å². The van der Waals surface area contributed by atoms with E-state index in [0.717, 1.165) is 35.3 Å². The highest BCUT2D eigenvalue weighted by Gasteiger charge is 2.21. The first-order chi connectivity index (χ1) is 13.1. The number of nitrogens with one attached hydrogen (secondary N) is 1. The zero-order valence-electron chi connectivity index (χ0n) is 14.9. The molecular formula is C20H19ClN4O2. The maximum Gasteiger partial charge on any atom is 0.255 e. The van der Waals surface area contributed by atoms with Gasteiger partial charge in [0.15, 0.2) is 0 Å². The van der Waals surface area contributed by atoms with Crippen LogP contribution in [0.2, 0.25) is 5.02 Å². The number of ether oxygens (including phenoxy) is 1. The maximum atomic E-state index is 12.6. The molecule has 0 amide bonds. The smallest absolute Gasteiger partial charge is 0.255 e. The Hall–Kier alpha value is -2.70. The Morgan fingerprint density at radius 3 is 2.81 bits per heavy atom. The quantitative estimate of drug-likeness (QED) is 0.750. The molecule has 1 aliphatic heterocycles. The molecule has 0 atom stereocenters. The van der Waals surface area contributed by atoms with Gasteiger partial charge in [-0.15, -0.1) is 0 Å². The van der Waals surface area contributed by atoms with Crippen LogP contribution in [0, 0.1) is 0 Å². The second-order valence-corrected chi connectivity index (χ2v) is 6.91. The number of hydrogen-bond acceptors (Lipinski definition) is 5. The highest BCUT2D eigenvalue weighted by atomic mass is 35.5. The SMILES string of the molecule is COc1ccc(CN2CCc3nc(-c4ccncc4)[nH]c(=O)c3C2)cc1Cl. The van der Waals surface area contributed by atoms with Crippen LogP contribution in [0.25, 0.3) is 11.4 Å². The molecule has 0 spiro atoms. The molecule has 7 heteroatoms. The molecule has 4 rings (SSSR count). The van der Waals surface area contributed by atoms with E-state index in [-0.39, 0.29) is 5.56 Å². The van der Waals surface area contributed by atoms with Gasteiger partial charge in [0.1, 0.15) is 11.6 Å². The largest absolute Gasteiger partial charge is 0.495 e. The molecule has 3 aromatic rings. The predicted molar refractivity (Wildman–Crippen MR) is 104 cm³/mol. The number of benzene rings is 1. The van der Waals surface area contributed by atoms with E-state index in [1.807, 2.05) is 30.3 Å². The third-order valence-corrected chi connectivity index (χ3v) is 5.02. The van der Waals surface area contributed by atoms with Crippen LogP contribution in [0.4, 0.5) is 0 Å². The average Bonchev–Trinajstić information content (AvgIpc) is 2.69. The predicted octanol–water partition coefficient (Wildman–Crippen LogP) is 3.05. The zero-order valence-corrected chi connectivity index (χ0v) is 15.7. The molecule has 138 valence electrons. The summed E-state index contributed by atoms with van der Waals surface area (Å²) in [5.41, 5.74) is 3.47. The lowest BCUT2D eigenvalue weighted by Crippen LogP contribution is -2.35. The average molecular weight is 383 g/mol. The summed E-state index contributed by atoms with van der Waals surface area (Å²) in [5, 5.41) is 0.592. The number of aromatic amines is 1. The Morgan fingerprint density at radius 2 is 2.07 bits per heavy atom. The third-order valence-electron chi connectivity index (χ3n) is 4.72. The Labute approximate surface area is 161 Å². The number of pyridine rings is 1. The van der Waals surface area contributed by atoms with Crippen molar-refractivity contribution in [2.45, 2.75) is 19.5 Å². The lowest BCUT2D eigenvalue weighted by atomic mass is 10.1. The van der Waals surface area contributed by atoms with Crippen LogP contribution in [0.3, 0.4) is 0 Å². The second kappa shape index (κ2) is 7.50. The van der Waals surface area contributed by atoms with Crippen molar-refractivity contribution < 1.29 is 4.74 Å². The van der Waals surface area contributed by atoms with Crippen LogP contribution in [0.1, 0.15) is 16.8 Å². The van der Waals surface area contributed by atoms with Crippen molar-refractivity contribution >= 4 is 11.6 Å². The first-order valence-electron chi connectivity index (χ1n) is 8.71. The Balaban J connectivity index is 1.55. The monoisotopic (exact) mass is 382 g/mol. The Bertz CT molecular complexity index is 1020. The molecule has 0 fully saturated rings. The molecule has 0 radical (unpaired) electrons. The first-order valence-corrected chi connectivity index (χ1v) is 9.09. The van der Waals surface area contributed by atoms with Crippen molar-refractivity contribution in [3.8, 4) is 17.1 Å². The normalized spacial score (nSPS) is 14.0. The number of H-pyrrole nitrogens is 1.